The number of aromatic amines is 2. The summed E-state index contributed by atoms with van der Waals surface area (Å²) in [5.74, 6) is 0.541. The third-order valence-electron chi connectivity index (χ3n) is 4.82. The molecule has 0 aliphatic carbocycles. The monoisotopic (exact) mass is 394 g/mol. The second-order valence-electron chi connectivity index (χ2n) is 6.77. The van der Waals surface area contributed by atoms with E-state index >= 15 is 0 Å². The van der Waals surface area contributed by atoms with Crippen LogP contribution in [0.15, 0.2) is 53.3 Å². The minimum atomic E-state index is -0.332. The van der Waals surface area contributed by atoms with Crippen LogP contribution in [-0.4, -0.2) is 20.1 Å². The van der Waals surface area contributed by atoms with Crippen LogP contribution in [0.3, 0.4) is 0 Å². The van der Waals surface area contributed by atoms with Crippen LogP contribution in [0.5, 0.6) is 5.75 Å². The Balaban J connectivity index is 1.71. The molecule has 0 aliphatic rings. The van der Waals surface area contributed by atoms with E-state index in [0.717, 1.165) is 5.56 Å². The summed E-state index contributed by atoms with van der Waals surface area (Å²) in [6, 6.07) is 14.9. The predicted octanol–water partition coefficient (Wildman–Crippen LogP) is 3.83. The molecular formula is C21H19ClN4O2. The zero-order chi connectivity index (χ0) is 19.8. The maximum Gasteiger partial charge on any atom is 0.255 e. The molecule has 0 saturated carbocycles. The van der Waals surface area contributed by atoms with Gasteiger partial charge < -0.3 is 20.8 Å². The molecule has 28 heavy (non-hydrogen) atoms. The van der Waals surface area contributed by atoms with Crippen LogP contribution >= 0.6 is 11.6 Å². The fraction of sp³-hybridized carbons (Fsp3) is 0.143. The van der Waals surface area contributed by atoms with E-state index in [-0.39, 0.29) is 22.9 Å². The van der Waals surface area contributed by atoms with Crippen LogP contribution in [0.4, 0.5) is 0 Å². The summed E-state index contributed by atoms with van der Waals surface area (Å²) in [4.78, 5) is 22.2. The third kappa shape index (κ3) is 3.28. The second-order valence-corrected chi connectivity index (χ2v) is 7.15. The Labute approximate surface area is 166 Å². The summed E-state index contributed by atoms with van der Waals surface area (Å²) < 4.78 is 0. The average Bonchev–Trinajstić information content (AvgIpc) is 3.09. The molecule has 1 atom stereocenters. The van der Waals surface area contributed by atoms with Crippen molar-refractivity contribution in [3.8, 4) is 17.0 Å². The van der Waals surface area contributed by atoms with Crippen LogP contribution in [0.25, 0.3) is 22.2 Å². The van der Waals surface area contributed by atoms with E-state index in [1.54, 1.807) is 25.1 Å². The highest BCUT2D eigenvalue weighted by molar-refractivity contribution is 6.32. The number of H-pyrrole nitrogens is 2. The van der Waals surface area contributed by atoms with Gasteiger partial charge in [-0.3, -0.25) is 4.79 Å². The van der Waals surface area contributed by atoms with Gasteiger partial charge in [-0.15, -0.1) is 0 Å². The van der Waals surface area contributed by atoms with E-state index in [1.165, 1.54) is 0 Å². The summed E-state index contributed by atoms with van der Waals surface area (Å²) in [5.41, 5.74) is 9.18. The lowest BCUT2D eigenvalue weighted by Crippen LogP contribution is -2.15. The minimum Gasteiger partial charge on any atom is -0.507 e. The number of fused-ring (bicyclic) bond motifs is 1. The van der Waals surface area contributed by atoms with Crippen LogP contribution in [0.1, 0.15) is 23.0 Å². The Kier molecular flexibility index (Phi) is 4.66. The van der Waals surface area contributed by atoms with Crippen LogP contribution in [0.2, 0.25) is 5.15 Å². The largest absolute Gasteiger partial charge is 0.507 e. The van der Waals surface area contributed by atoms with Crippen LogP contribution < -0.4 is 11.3 Å². The number of aromatic nitrogens is 3. The van der Waals surface area contributed by atoms with Crippen molar-refractivity contribution in [3.05, 3.63) is 81.0 Å². The molecule has 0 amide bonds. The Morgan fingerprint density at radius 1 is 1.18 bits per heavy atom. The lowest BCUT2D eigenvalue weighted by molar-refractivity contribution is 0.476. The van der Waals surface area contributed by atoms with Crippen molar-refractivity contribution in [2.75, 3.05) is 0 Å². The summed E-state index contributed by atoms with van der Waals surface area (Å²) >= 11 is 6.38. The molecule has 142 valence electrons. The summed E-state index contributed by atoms with van der Waals surface area (Å²) in [7, 11) is 0. The highest BCUT2D eigenvalue weighted by Gasteiger charge is 2.17. The zero-order valence-corrected chi connectivity index (χ0v) is 15.9. The summed E-state index contributed by atoms with van der Waals surface area (Å²) in [5, 5.41) is 11.2. The highest BCUT2D eigenvalue weighted by atomic mass is 35.5. The fourth-order valence-corrected chi connectivity index (χ4v) is 3.47. The molecule has 0 radical (unpaired) electrons. The van der Waals surface area contributed by atoms with Crippen LogP contribution in [0, 0.1) is 6.92 Å². The van der Waals surface area contributed by atoms with Crippen molar-refractivity contribution in [2.45, 2.75) is 19.4 Å². The Morgan fingerprint density at radius 2 is 1.93 bits per heavy atom. The van der Waals surface area contributed by atoms with Gasteiger partial charge in [0.2, 0.25) is 0 Å². The molecule has 0 fully saturated rings. The molecule has 2 aromatic carbocycles. The van der Waals surface area contributed by atoms with Gasteiger partial charge in [0.1, 0.15) is 22.4 Å². The molecule has 6 nitrogen and oxygen atoms in total. The summed E-state index contributed by atoms with van der Waals surface area (Å²) in [6.07, 6.45) is 0.628. The molecule has 4 aromatic rings. The average molecular weight is 395 g/mol. The number of nitrogens with one attached hydrogen (secondary N) is 2. The van der Waals surface area contributed by atoms with Gasteiger partial charge in [0.25, 0.3) is 5.56 Å². The molecule has 0 saturated heterocycles. The Hall–Kier alpha value is -3.09. The van der Waals surface area contributed by atoms with Crippen molar-refractivity contribution in [1.29, 1.82) is 0 Å². The fourth-order valence-electron chi connectivity index (χ4n) is 3.22. The number of nitrogens with two attached hydrogens (primary N) is 1. The van der Waals surface area contributed by atoms with E-state index in [2.05, 4.69) is 15.0 Å². The number of pyridine rings is 1. The topological polar surface area (TPSA) is 108 Å². The standard InChI is InChI=1S/C21H19ClN4O2/c1-11-18(27)14-10-13(7-8-16(14)24-21(11)28)17-19(22)26-20(25-17)15(23)9-12-5-3-2-4-6-12/h2-8,10,15H,9,23H2,1H3,(H,25,26)(H2,24,27,28)/t15-/m0/s1. The number of imidazole rings is 1. The van der Waals surface area contributed by atoms with Gasteiger partial charge in [0.05, 0.1) is 17.1 Å². The van der Waals surface area contributed by atoms with Gasteiger partial charge in [0.15, 0.2) is 0 Å². The van der Waals surface area contributed by atoms with Gasteiger partial charge in [-0.2, -0.15) is 0 Å². The number of hydrogen-bond acceptors (Lipinski definition) is 4. The molecule has 0 bridgehead atoms. The molecule has 0 spiro atoms. The Morgan fingerprint density at radius 3 is 2.68 bits per heavy atom. The van der Waals surface area contributed by atoms with Crippen molar-refractivity contribution < 1.29 is 5.11 Å². The van der Waals surface area contributed by atoms with E-state index in [0.29, 0.717) is 39.6 Å². The first kappa shape index (κ1) is 18.3. The van der Waals surface area contributed by atoms with E-state index in [4.69, 9.17) is 17.3 Å². The lowest BCUT2D eigenvalue weighted by atomic mass is 10.1. The van der Waals surface area contributed by atoms with Gasteiger partial charge >= 0.3 is 0 Å². The first-order valence-corrected chi connectivity index (χ1v) is 9.22. The number of benzene rings is 2. The number of hydrogen-bond donors (Lipinski definition) is 4. The number of aromatic hydroxyl groups is 1. The number of nitrogens with zero attached hydrogens (tertiary/aromatic N) is 1. The predicted molar refractivity (Wildman–Crippen MR) is 111 cm³/mol. The SMILES string of the molecule is Cc1c(O)c2cc(-c3nc([C@@H](N)Cc4ccccc4)[nH]c3Cl)ccc2[nH]c1=O. The molecule has 0 unspecified atom stereocenters. The molecule has 4 rings (SSSR count). The molecule has 2 aromatic heterocycles. The normalized spacial score (nSPS) is 12.4. The van der Waals surface area contributed by atoms with Crippen molar-refractivity contribution in [2.24, 2.45) is 5.73 Å². The first-order chi connectivity index (χ1) is 13.4. The van der Waals surface area contributed by atoms with Crippen molar-refractivity contribution in [3.63, 3.8) is 0 Å². The smallest absolute Gasteiger partial charge is 0.255 e. The van der Waals surface area contributed by atoms with Gasteiger partial charge in [-0.25, -0.2) is 4.98 Å². The second kappa shape index (κ2) is 7.14. The minimum absolute atomic E-state index is 0.0479. The quantitative estimate of drug-likeness (QED) is 0.422. The molecule has 0 aliphatic heterocycles. The van der Waals surface area contributed by atoms with Gasteiger partial charge in [-0.1, -0.05) is 48.0 Å². The van der Waals surface area contributed by atoms with Gasteiger partial charge in [0, 0.05) is 10.9 Å². The van der Waals surface area contributed by atoms with Crippen molar-refractivity contribution in [1.82, 2.24) is 15.0 Å². The highest BCUT2D eigenvalue weighted by Crippen LogP contribution is 2.32. The van der Waals surface area contributed by atoms with Crippen molar-refractivity contribution >= 4 is 22.5 Å². The Bertz CT molecular complexity index is 1210. The summed E-state index contributed by atoms with van der Waals surface area (Å²) in [6.45, 7) is 1.57. The molecule has 5 N–H and O–H groups in total. The number of halogens is 1. The maximum absolute atomic E-state index is 11.8. The molecular weight excluding hydrogens is 376 g/mol. The first-order valence-electron chi connectivity index (χ1n) is 8.85. The lowest BCUT2D eigenvalue weighted by Gasteiger charge is -2.08. The maximum atomic E-state index is 11.8. The van der Waals surface area contributed by atoms with E-state index in [1.807, 2.05) is 30.3 Å². The zero-order valence-electron chi connectivity index (χ0n) is 15.2. The van der Waals surface area contributed by atoms with Crippen LogP contribution in [-0.2, 0) is 6.42 Å². The van der Waals surface area contributed by atoms with Gasteiger partial charge in [-0.05, 0) is 31.0 Å². The number of rotatable bonds is 4. The van der Waals surface area contributed by atoms with E-state index < -0.39 is 0 Å². The van der Waals surface area contributed by atoms with E-state index in [9.17, 15) is 9.90 Å². The molecule has 2 heterocycles. The molecule has 7 heteroatoms. The third-order valence-corrected chi connectivity index (χ3v) is 5.09.